The zero-order valence-corrected chi connectivity index (χ0v) is 16.8. The standard InChI is InChI=1S/C19H25N3O.HI/c1-15-7-6-8-16(13-15)11-12-21-19(20-2)22-14-17-9-4-5-10-18(17)23-3;/h4-10,13H,11-12,14H2,1-3H3,(H2,20,21,22);1H. The summed E-state index contributed by atoms with van der Waals surface area (Å²) in [5, 5.41) is 6.66. The van der Waals surface area contributed by atoms with E-state index in [1.807, 2.05) is 24.3 Å². The number of benzene rings is 2. The molecule has 2 aromatic carbocycles. The van der Waals surface area contributed by atoms with Gasteiger partial charge < -0.3 is 15.4 Å². The van der Waals surface area contributed by atoms with Crippen LogP contribution in [0.15, 0.2) is 53.5 Å². The largest absolute Gasteiger partial charge is 0.496 e. The van der Waals surface area contributed by atoms with Gasteiger partial charge in [0.15, 0.2) is 5.96 Å². The molecule has 0 radical (unpaired) electrons. The molecular weight excluding hydrogens is 413 g/mol. The molecule has 130 valence electrons. The monoisotopic (exact) mass is 439 g/mol. The summed E-state index contributed by atoms with van der Waals surface area (Å²) in [6, 6.07) is 16.6. The van der Waals surface area contributed by atoms with E-state index in [9.17, 15) is 0 Å². The highest BCUT2D eigenvalue weighted by molar-refractivity contribution is 14.0. The average Bonchev–Trinajstić information content (AvgIpc) is 2.58. The zero-order chi connectivity index (χ0) is 16.5. The number of nitrogens with one attached hydrogen (secondary N) is 2. The van der Waals surface area contributed by atoms with Crippen LogP contribution in [0.4, 0.5) is 0 Å². The van der Waals surface area contributed by atoms with Crippen LogP contribution in [-0.4, -0.2) is 26.7 Å². The maximum atomic E-state index is 5.36. The maximum Gasteiger partial charge on any atom is 0.191 e. The predicted octanol–water partition coefficient (Wildman–Crippen LogP) is 3.53. The molecule has 0 fully saturated rings. The number of hydrogen-bond acceptors (Lipinski definition) is 2. The van der Waals surface area contributed by atoms with Crippen molar-refractivity contribution in [3.63, 3.8) is 0 Å². The number of guanidine groups is 1. The van der Waals surface area contributed by atoms with Gasteiger partial charge in [-0.05, 0) is 25.0 Å². The molecule has 0 amide bonds. The molecule has 0 aliphatic heterocycles. The molecule has 5 heteroatoms. The first-order valence-corrected chi connectivity index (χ1v) is 7.85. The third-order valence-corrected chi connectivity index (χ3v) is 3.65. The average molecular weight is 439 g/mol. The summed E-state index contributed by atoms with van der Waals surface area (Å²) in [5.74, 6) is 1.68. The molecule has 2 N–H and O–H groups in total. The van der Waals surface area contributed by atoms with Gasteiger partial charge in [-0.25, -0.2) is 0 Å². The van der Waals surface area contributed by atoms with Gasteiger partial charge in [0, 0.05) is 25.7 Å². The van der Waals surface area contributed by atoms with Crippen molar-refractivity contribution in [2.75, 3.05) is 20.7 Å². The fraction of sp³-hybridized carbons (Fsp3) is 0.316. The second-order valence-corrected chi connectivity index (χ2v) is 5.40. The number of hydrogen-bond donors (Lipinski definition) is 2. The van der Waals surface area contributed by atoms with Crippen LogP contribution in [0.25, 0.3) is 0 Å². The van der Waals surface area contributed by atoms with E-state index in [1.165, 1.54) is 11.1 Å². The van der Waals surface area contributed by atoms with E-state index in [0.29, 0.717) is 6.54 Å². The molecular formula is C19H26IN3O. The highest BCUT2D eigenvalue weighted by Crippen LogP contribution is 2.16. The van der Waals surface area contributed by atoms with E-state index >= 15 is 0 Å². The first kappa shape index (κ1) is 20.3. The van der Waals surface area contributed by atoms with Gasteiger partial charge in [0.1, 0.15) is 5.75 Å². The zero-order valence-electron chi connectivity index (χ0n) is 14.5. The molecule has 0 aromatic heterocycles. The predicted molar refractivity (Wildman–Crippen MR) is 111 cm³/mol. The van der Waals surface area contributed by atoms with Gasteiger partial charge in [-0.15, -0.1) is 24.0 Å². The number of methoxy groups -OCH3 is 1. The number of rotatable bonds is 6. The Morgan fingerprint density at radius 1 is 1.08 bits per heavy atom. The molecule has 4 nitrogen and oxygen atoms in total. The second kappa shape index (κ2) is 10.9. The van der Waals surface area contributed by atoms with Gasteiger partial charge >= 0.3 is 0 Å². The third kappa shape index (κ3) is 6.39. The van der Waals surface area contributed by atoms with E-state index in [2.05, 4.69) is 46.8 Å². The SMILES string of the molecule is CN=C(NCCc1cccc(C)c1)NCc1ccccc1OC.I. The molecule has 0 aliphatic carbocycles. The third-order valence-electron chi connectivity index (χ3n) is 3.65. The molecule has 0 saturated carbocycles. The summed E-state index contributed by atoms with van der Waals surface area (Å²) < 4.78 is 5.36. The molecule has 0 aliphatic rings. The molecule has 0 heterocycles. The Labute approximate surface area is 161 Å². The van der Waals surface area contributed by atoms with Gasteiger partial charge in [-0.1, -0.05) is 48.0 Å². The van der Waals surface area contributed by atoms with Crippen molar-refractivity contribution in [2.45, 2.75) is 19.9 Å². The molecule has 0 atom stereocenters. The molecule has 0 bridgehead atoms. The molecule has 2 rings (SSSR count). The van der Waals surface area contributed by atoms with Crippen molar-refractivity contribution in [3.05, 3.63) is 65.2 Å². The van der Waals surface area contributed by atoms with Crippen LogP contribution in [0.5, 0.6) is 5.75 Å². The Morgan fingerprint density at radius 3 is 2.58 bits per heavy atom. The summed E-state index contributed by atoms with van der Waals surface area (Å²) in [6.07, 6.45) is 0.969. The van der Waals surface area contributed by atoms with E-state index in [4.69, 9.17) is 4.74 Å². The van der Waals surface area contributed by atoms with Gasteiger partial charge in [0.05, 0.1) is 7.11 Å². The Balaban J connectivity index is 0.00000288. The molecule has 2 aromatic rings. The number of ether oxygens (including phenoxy) is 1. The summed E-state index contributed by atoms with van der Waals surface area (Å²) in [6.45, 7) is 3.63. The van der Waals surface area contributed by atoms with E-state index in [1.54, 1.807) is 14.2 Å². The van der Waals surface area contributed by atoms with Crippen LogP contribution in [0, 0.1) is 6.92 Å². The van der Waals surface area contributed by atoms with Crippen LogP contribution < -0.4 is 15.4 Å². The van der Waals surface area contributed by atoms with Gasteiger partial charge in [0.2, 0.25) is 0 Å². The Hall–Kier alpha value is -1.76. The van der Waals surface area contributed by atoms with Crippen LogP contribution >= 0.6 is 24.0 Å². The number of aryl methyl sites for hydroxylation is 1. The molecule has 0 saturated heterocycles. The van der Waals surface area contributed by atoms with Crippen molar-refractivity contribution in [2.24, 2.45) is 4.99 Å². The first-order valence-electron chi connectivity index (χ1n) is 7.85. The lowest BCUT2D eigenvalue weighted by Crippen LogP contribution is -2.37. The minimum atomic E-state index is 0. The minimum absolute atomic E-state index is 0. The maximum absolute atomic E-state index is 5.36. The quantitative estimate of drug-likeness (QED) is 0.411. The van der Waals surface area contributed by atoms with Crippen molar-refractivity contribution < 1.29 is 4.74 Å². The highest BCUT2D eigenvalue weighted by atomic mass is 127. The summed E-state index contributed by atoms with van der Waals surface area (Å²) in [5.41, 5.74) is 3.73. The van der Waals surface area contributed by atoms with Crippen LogP contribution in [-0.2, 0) is 13.0 Å². The summed E-state index contributed by atoms with van der Waals surface area (Å²) in [4.78, 5) is 4.26. The van der Waals surface area contributed by atoms with Gasteiger partial charge in [-0.3, -0.25) is 4.99 Å². The van der Waals surface area contributed by atoms with Crippen molar-refractivity contribution in [1.82, 2.24) is 10.6 Å². The van der Waals surface area contributed by atoms with Crippen LogP contribution in [0.1, 0.15) is 16.7 Å². The fourth-order valence-electron chi connectivity index (χ4n) is 2.44. The number of aliphatic imine (C=N–C) groups is 1. The Kier molecular flexibility index (Phi) is 9.22. The van der Waals surface area contributed by atoms with E-state index < -0.39 is 0 Å². The molecule has 24 heavy (non-hydrogen) atoms. The Bertz CT molecular complexity index is 659. The summed E-state index contributed by atoms with van der Waals surface area (Å²) in [7, 11) is 3.47. The van der Waals surface area contributed by atoms with Crippen LogP contribution in [0.3, 0.4) is 0 Å². The Morgan fingerprint density at radius 2 is 1.88 bits per heavy atom. The fourth-order valence-corrected chi connectivity index (χ4v) is 2.44. The lowest BCUT2D eigenvalue weighted by Gasteiger charge is -2.13. The number of nitrogens with zero attached hydrogens (tertiary/aromatic N) is 1. The van der Waals surface area contributed by atoms with Crippen molar-refractivity contribution >= 4 is 29.9 Å². The van der Waals surface area contributed by atoms with Crippen molar-refractivity contribution in [3.8, 4) is 5.75 Å². The van der Waals surface area contributed by atoms with Gasteiger partial charge in [0.25, 0.3) is 0 Å². The summed E-state index contributed by atoms with van der Waals surface area (Å²) >= 11 is 0. The lowest BCUT2D eigenvalue weighted by molar-refractivity contribution is 0.409. The smallest absolute Gasteiger partial charge is 0.191 e. The van der Waals surface area contributed by atoms with Crippen molar-refractivity contribution in [1.29, 1.82) is 0 Å². The van der Waals surface area contributed by atoms with Crippen LogP contribution in [0.2, 0.25) is 0 Å². The van der Waals surface area contributed by atoms with E-state index in [0.717, 1.165) is 30.2 Å². The second-order valence-electron chi connectivity index (χ2n) is 5.40. The van der Waals surface area contributed by atoms with Gasteiger partial charge in [-0.2, -0.15) is 0 Å². The first-order chi connectivity index (χ1) is 11.2. The molecule has 0 unspecified atom stereocenters. The lowest BCUT2D eigenvalue weighted by atomic mass is 10.1. The minimum Gasteiger partial charge on any atom is -0.496 e. The normalized spacial score (nSPS) is 10.7. The molecule has 0 spiro atoms. The number of halogens is 1. The number of para-hydroxylation sites is 1. The topological polar surface area (TPSA) is 45.7 Å². The van der Waals surface area contributed by atoms with E-state index in [-0.39, 0.29) is 24.0 Å². The highest BCUT2D eigenvalue weighted by Gasteiger charge is 2.03.